The number of sulfone groups is 1. The zero-order valence-corrected chi connectivity index (χ0v) is 41.7. The van der Waals surface area contributed by atoms with E-state index in [2.05, 4.69) is 42.3 Å². The summed E-state index contributed by atoms with van der Waals surface area (Å²) in [4.78, 5) is 37.2. The number of ether oxygens (including phenoxy) is 1. The molecule has 5 aliphatic rings. The summed E-state index contributed by atoms with van der Waals surface area (Å²) in [5, 5.41) is 5.89. The Labute approximate surface area is 402 Å². The lowest BCUT2D eigenvalue weighted by Crippen LogP contribution is -2.50. The first-order valence-electron chi connectivity index (χ1n) is 23.9. The Balaban J connectivity index is 0.888. The van der Waals surface area contributed by atoms with Crippen LogP contribution in [0.5, 0.6) is 0 Å². The van der Waals surface area contributed by atoms with Gasteiger partial charge < -0.3 is 20.3 Å². The monoisotopic (exact) mass is 993 g/mol. The molecule has 3 N–H and O–H groups in total. The van der Waals surface area contributed by atoms with Gasteiger partial charge in [0.15, 0.2) is 9.84 Å². The molecule has 4 heterocycles. The van der Waals surface area contributed by atoms with Crippen molar-refractivity contribution in [2.45, 2.75) is 149 Å². The first-order valence-corrected chi connectivity index (χ1v) is 27.0. The number of amides is 1. The minimum atomic E-state index is -4.70. The predicted molar refractivity (Wildman–Crippen MR) is 256 cm³/mol. The van der Waals surface area contributed by atoms with Crippen LogP contribution in [0.3, 0.4) is 0 Å². The molecular formula is C49H62F3N9O6S2. The summed E-state index contributed by atoms with van der Waals surface area (Å²) in [7, 11) is -3.79. The number of hydrogen-bond acceptors (Lipinski definition) is 13. The Bertz CT molecular complexity index is 2860. The molecule has 4 aromatic rings. The number of hydrogen-bond donors (Lipinski definition) is 3. The summed E-state index contributed by atoms with van der Waals surface area (Å²) < 4.78 is 104. The fourth-order valence-corrected chi connectivity index (χ4v) is 14.1. The van der Waals surface area contributed by atoms with Crippen LogP contribution in [0.4, 0.5) is 42.3 Å². The van der Waals surface area contributed by atoms with E-state index in [0.29, 0.717) is 71.7 Å². The molecule has 372 valence electrons. The number of anilines is 5. The van der Waals surface area contributed by atoms with E-state index in [1.165, 1.54) is 25.2 Å². The van der Waals surface area contributed by atoms with Gasteiger partial charge in [0.1, 0.15) is 11.2 Å². The van der Waals surface area contributed by atoms with E-state index in [1.54, 1.807) is 36.2 Å². The summed E-state index contributed by atoms with van der Waals surface area (Å²) >= 11 is 0. The number of aromatic nitrogens is 4. The number of aryl methyl sites for hydroxylation is 2. The summed E-state index contributed by atoms with van der Waals surface area (Å²) in [6.07, 6.45) is 6.35. The highest BCUT2D eigenvalue weighted by molar-refractivity contribution is 7.92. The first-order chi connectivity index (χ1) is 32.5. The zero-order chi connectivity index (χ0) is 49.3. The van der Waals surface area contributed by atoms with Crippen molar-refractivity contribution in [3.8, 4) is 0 Å². The van der Waals surface area contributed by atoms with E-state index in [0.717, 1.165) is 63.4 Å². The van der Waals surface area contributed by atoms with Crippen molar-refractivity contribution in [1.82, 2.24) is 29.6 Å². The maximum absolute atomic E-state index is 14.7. The SMILES string of the molecule is CNS(=O)(=O)c1ccc(Nc2ncc(C(F)(F)F)c([C@H]3CC[C@](C)(OCC4(C)C(=O)N(C5CCCC5)c5nc(Nc6ccc(S(=O)(=O)C7CC8(CCN(C)CC8)C7)cc6C)ncc54)CC3)n2)c(C)c1. The summed E-state index contributed by atoms with van der Waals surface area (Å²) in [6, 6.07) is 9.43. The molecule has 2 aromatic heterocycles. The Morgan fingerprint density at radius 3 is 1.99 bits per heavy atom. The topological polar surface area (TPSA) is 189 Å². The molecule has 69 heavy (non-hydrogen) atoms. The number of benzene rings is 2. The third kappa shape index (κ3) is 9.47. The highest BCUT2D eigenvalue weighted by Crippen LogP contribution is 2.53. The van der Waals surface area contributed by atoms with E-state index in [-0.39, 0.29) is 51.7 Å². The van der Waals surface area contributed by atoms with Crippen LogP contribution in [0.1, 0.15) is 125 Å². The molecule has 1 amide bonds. The molecule has 4 fully saturated rings. The molecule has 0 bridgehead atoms. The standard InChI is InChI=1S/C49H62F3N9O6S2/c1-30-23-34(68(63,64)36-25-48(26-36)19-21-60(6)22-20-48)11-13-39(30)57-45-55-28-38-42(59-45)61(33-9-7-8-10-33)43(62)47(38,4)29-67-46(3)17-15-32(16-18-46)41-37(49(50,51)52)27-54-44(58-41)56-40-14-12-35(24-31(40)2)69(65,66)53-5/h11-14,23-24,27-28,32-33,36,53H,7-10,15-22,25-26,29H2,1-6H3,(H,54,56,58)(H,55,57,59)/t32-,46-,47?. The van der Waals surface area contributed by atoms with Gasteiger partial charge in [-0.05, 0) is 172 Å². The average Bonchev–Trinajstić information content (AvgIpc) is 3.90. The highest BCUT2D eigenvalue weighted by atomic mass is 32.2. The number of carbonyl (C=O) groups excluding carboxylic acids is 1. The van der Waals surface area contributed by atoms with Crippen molar-refractivity contribution in [3.63, 3.8) is 0 Å². The van der Waals surface area contributed by atoms with Gasteiger partial charge in [-0.2, -0.15) is 18.2 Å². The lowest BCUT2D eigenvalue weighted by atomic mass is 9.63. The number of nitrogens with one attached hydrogen (secondary N) is 3. The summed E-state index contributed by atoms with van der Waals surface area (Å²) in [6.45, 7) is 9.32. The third-order valence-corrected chi connectivity index (χ3v) is 19.4. The second kappa shape index (κ2) is 18.1. The van der Waals surface area contributed by atoms with E-state index < -0.39 is 48.5 Å². The Morgan fingerprint density at radius 2 is 1.39 bits per heavy atom. The lowest BCUT2D eigenvalue weighted by molar-refractivity contribution is -0.139. The molecule has 1 unspecified atom stereocenters. The highest BCUT2D eigenvalue weighted by Gasteiger charge is 2.53. The van der Waals surface area contributed by atoms with Crippen LogP contribution in [-0.2, 0) is 41.0 Å². The number of halogens is 3. The number of likely N-dealkylation sites (tertiary alicyclic amines) is 1. The molecule has 0 radical (unpaired) electrons. The smallest absolute Gasteiger partial charge is 0.374 e. The molecule has 1 atom stereocenters. The molecule has 2 aromatic carbocycles. The number of carbonyl (C=O) groups is 1. The summed E-state index contributed by atoms with van der Waals surface area (Å²) in [5.41, 5.74) is 0.193. The van der Waals surface area contributed by atoms with E-state index >= 15 is 0 Å². The second-order valence-corrected chi connectivity index (χ2v) is 24.8. The molecular weight excluding hydrogens is 932 g/mol. The van der Waals surface area contributed by atoms with Crippen LogP contribution in [0, 0.1) is 19.3 Å². The molecule has 9 rings (SSSR count). The number of sulfonamides is 1. The minimum Gasteiger partial charge on any atom is -0.374 e. The largest absolute Gasteiger partial charge is 0.419 e. The second-order valence-electron chi connectivity index (χ2n) is 20.7. The van der Waals surface area contributed by atoms with Gasteiger partial charge in [0.25, 0.3) is 0 Å². The Hall–Kier alpha value is -4.76. The van der Waals surface area contributed by atoms with Crippen molar-refractivity contribution in [3.05, 3.63) is 76.7 Å². The van der Waals surface area contributed by atoms with Crippen LogP contribution >= 0.6 is 0 Å². The van der Waals surface area contributed by atoms with Gasteiger partial charge in [0.2, 0.25) is 27.8 Å². The van der Waals surface area contributed by atoms with Gasteiger partial charge in [-0.15, -0.1) is 0 Å². The Kier molecular flexibility index (Phi) is 12.9. The van der Waals surface area contributed by atoms with Crippen LogP contribution < -0.4 is 20.3 Å². The fourth-order valence-electron chi connectivity index (χ4n) is 11.1. The normalized spacial score (nSPS) is 24.7. The van der Waals surface area contributed by atoms with E-state index in [1.807, 2.05) is 20.8 Å². The minimum absolute atomic E-state index is 0.0106. The third-order valence-electron chi connectivity index (χ3n) is 15.8. The van der Waals surface area contributed by atoms with Gasteiger partial charge in [0, 0.05) is 41.3 Å². The van der Waals surface area contributed by atoms with Gasteiger partial charge in [-0.3, -0.25) is 9.69 Å². The predicted octanol–water partition coefficient (Wildman–Crippen LogP) is 8.63. The van der Waals surface area contributed by atoms with Gasteiger partial charge in [0.05, 0.1) is 38.5 Å². The maximum Gasteiger partial charge on any atom is 0.419 e. The van der Waals surface area contributed by atoms with Crippen molar-refractivity contribution in [2.24, 2.45) is 5.41 Å². The maximum atomic E-state index is 14.7. The van der Waals surface area contributed by atoms with Crippen LogP contribution in [-0.4, -0.2) is 98.3 Å². The lowest BCUT2D eigenvalue weighted by Gasteiger charge is -2.51. The Morgan fingerprint density at radius 1 is 0.812 bits per heavy atom. The van der Waals surface area contributed by atoms with E-state index in [9.17, 15) is 34.8 Å². The van der Waals surface area contributed by atoms with Crippen LogP contribution in [0.15, 0.2) is 58.6 Å². The van der Waals surface area contributed by atoms with Gasteiger partial charge >= 0.3 is 6.18 Å². The number of alkyl halides is 3. The summed E-state index contributed by atoms with van der Waals surface area (Å²) in [5.74, 6) is 0.0433. The molecule has 3 aliphatic carbocycles. The van der Waals surface area contributed by atoms with Crippen molar-refractivity contribution >= 4 is 54.9 Å². The first kappa shape index (κ1) is 49.2. The number of rotatable bonds is 13. The molecule has 1 spiro atoms. The van der Waals surface area contributed by atoms with Crippen molar-refractivity contribution < 1.29 is 39.5 Å². The van der Waals surface area contributed by atoms with Gasteiger partial charge in [-0.25, -0.2) is 36.5 Å². The van der Waals surface area contributed by atoms with Gasteiger partial charge in [-0.1, -0.05) is 12.8 Å². The van der Waals surface area contributed by atoms with Crippen LogP contribution in [0.2, 0.25) is 0 Å². The van der Waals surface area contributed by atoms with Crippen molar-refractivity contribution in [2.75, 3.05) is 49.3 Å². The van der Waals surface area contributed by atoms with Crippen LogP contribution in [0.25, 0.3) is 0 Å². The number of piperidine rings is 1. The number of fused-ring (bicyclic) bond motifs is 1. The number of nitrogens with zero attached hydrogens (tertiary/aromatic N) is 6. The molecule has 1 saturated heterocycles. The quantitative estimate of drug-likeness (QED) is 0.116. The molecule has 3 saturated carbocycles. The van der Waals surface area contributed by atoms with Crippen molar-refractivity contribution in [1.29, 1.82) is 0 Å². The average molecular weight is 994 g/mol. The zero-order valence-electron chi connectivity index (χ0n) is 40.0. The fraction of sp³-hybridized carbons (Fsp3) is 0.571. The van der Waals surface area contributed by atoms with E-state index in [4.69, 9.17) is 9.72 Å². The molecule has 2 aliphatic heterocycles. The molecule has 15 nitrogen and oxygen atoms in total. The molecule has 20 heteroatoms.